The van der Waals surface area contributed by atoms with Crippen molar-refractivity contribution in [1.29, 1.82) is 0 Å². The molecular weight excluding hydrogens is 260 g/mol. The molecule has 2 unspecified atom stereocenters. The van der Waals surface area contributed by atoms with Crippen LogP contribution in [0.4, 0.5) is 0 Å². The Morgan fingerprint density at radius 3 is 2.57 bits per heavy atom. The average molecular weight is 290 g/mol. The van der Waals surface area contributed by atoms with E-state index in [-0.39, 0.29) is 12.1 Å². The minimum atomic E-state index is 0.0821. The highest BCUT2D eigenvalue weighted by molar-refractivity contribution is 5.29. The lowest BCUT2D eigenvalue weighted by Crippen LogP contribution is -2.38. The number of likely N-dealkylation sites (tertiary alicyclic amines) is 1. The van der Waals surface area contributed by atoms with Crippen LogP contribution in [-0.2, 0) is 0 Å². The quantitative estimate of drug-likeness (QED) is 0.898. The average Bonchev–Trinajstić information content (AvgIpc) is 2.64. The molecule has 1 aliphatic heterocycles. The molecule has 21 heavy (non-hydrogen) atoms. The van der Waals surface area contributed by atoms with Crippen LogP contribution in [0.25, 0.3) is 0 Å². The third-order valence-electron chi connectivity index (χ3n) is 4.30. The molecule has 1 fully saturated rings. The zero-order valence-corrected chi connectivity index (χ0v) is 13.7. The highest BCUT2D eigenvalue weighted by Crippen LogP contribution is 2.22. The van der Waals surface area contributed by atoms with Gasteiger partial charge >= 0.3 is 0 Å². The third kappa shape index (κ3) is 5.01. The van der Waals surface area contributed by atoms with Crippen molar-refractivity contribution in [2.75, 3.05) is 13.1 Å². The summed E-state index contributed by atoms with van der Waals surface area (Å²) in [6.07, 6.45) is 5.53. The Balaban J connectivity index is 1.94. The lowest BCUT2D eigenvalue weighted by Gasteiger charge is -2.29. The van der Waals surface area contributed by atoms with Crippen LogP contribution in [0.5, 0.6) is 5.75 Å². The first-order chi connectivity index (χ1) is 10.1. The van der Waals surface area contributed by atoms with Crippen molar-refractivity contribution >= 4 is 0 Å². The molecule has 1 aliphatic rings. The van der Waals surface area contributed by atoms with E-state index in [0.29, 0.717) is 6.04 Å². The largest absolute Gasteiger partial charge is 0.491 e. The van der Waals surface area contributed by atoms with Gasteiger partial charge in [0.2, 0.25) is 0 Å². The van der Waals surface area contributed by atoms with Gasteiger partial charge in [-0.2, -0.15) is 0 Å². The third-order valence-corrected chi connectivity index (χ3v) is 4.30. The molecular formula is C18H30N2O. The summed E-state index contributed by atoms with van der Waals surface area (Å²) in [5, 5.41) is 0. The Morgan fingerprint density at radius 1 is 1.19 bits per heavy atom. The molecule has 3 heteroatoms. The van der Waals surface area contributed by atoms with Crippen LogP contribution < -0.4 is 10.5 Å². The van der Waals surface area contributed by atoms with E-state index in [1.165, 1.54) is 37.8 Å². The van der Waals surface area contributed by atoms with Crippen LogP contribution in [0, 0.1) is 0 Å². The van der Waals surface area contributed by atoms with Crippen molar-refractivity contribution in [3.63, 3.8) is 0 Å². The van der Waals surface area contributed by atoms with Gasteiger partial charge in [0.05, 0.1) is 6.10 Å². The minimum Gasteiger partial charge on any atom is -0.491 e. The predicted molar refractivity (Wildman–Crippen MR) is 88.6 cm³/mol. The van der Waals surface area contributed by atoms with E-state index in [1.54, 1.807) is 0 Å². The van der Waals surface area contributed by atoms with Gasteiger partial charge < -0.3 is 10.5 Å². The normalized spacial score (nSPS) is 22.0. The summed E-state index contributed by atoms with van der Waals surface area (Å²) in [5.74, 6) is 0.920. The van der Waals surface area contributed by atoms with Gasteiger partial charge in [-0.25, -0.2) is 0 Å². The molecule has 3 nitrogen and oxygen atoms in total. The van der Waals surface area contributed by atoms with Crippen LogP contribution in [0.15, 0.2) is 24.3 Å². The van der Waals surface area contributed by atoms with E-state index in [2.05, 4.69) is 24.0 Å². The van der Waals surface area contributed by atoms with E-state index in [0.717, 1.165) is 12.3 Å². The number of ether oxygens (including phenoxy) is 1. The van der Waals surface area contributed by atoms with Gasteiger partial charge in [-0.05, 0) is 57.9 Å². The molecule has 2 atom stereocenters. The molecule has 1 heterocycles. The van der Waals surface area contributed by atoms with Crippen LogP contribution in [0.3, 0.4) is 0 Å². The Bertz CT molecular complexity index is 416. The first kappa shape index (κ1) is 16.3. The Hall–Kier alpha value is -1.06. The van der Waals surface area contributed by atoms with Crippen molar-refractivity contribution in [3.05, 3.63) is 29.8 Å². The molecule has 0 aliphatic carbocycles. The first-order valence-electron chi connectivity index (χ1n) is 8.32. The van der Waals surface area contributed by atoms with Gasteiger partial charge in [0.1, 0.15) is 5.75 Å². The summed E-state index contributed by atoms with van der Waals surface area (Å²) in [7, 11) is 0. The van der Waals surface area contributed by atoms with Gasteiger partial charge in [-0.15, -0.1) is 0 Å². The monoisotopic (exact) mass is 290 g/mol. The SMILES string of the molecule is CC(C)Oc1ccc(C(N)CN2CCCCCC2C)cc1. The zero-order chi connectivity index (χ0) is 15.2. The van der Waals surface area contributed by atoms with E-state index >= 15 is 0 Å². The molecule has 0 spiro atoms. The number of nitrogens with zero attached hydrogens (tertiary/aromatic N) is 1. The van der Waals surface area contributed by atoms with Crippen molar-refractivity contribution < 1.29 is 4.74 Å². The van der Waals surface area contributed by atoms with Crippen molar-refractivity contribution in [1.82, 2.24) is 4.90 Å². The molecule has 1 aromatic carbocycles. The summed E-state index contributed by atoms with van der Waals surface area (Å²) >= 11 is 0. The predicted octanol–water partition coefficient (Wildman–Crippen LogP) is 3.74. The Morgan fingerprint density at radius 2 is 1.90 bits per heavy atom. The first-order valence-corrected chi connectivity index (χ1v) is 8.32. The molecule has 0 saturated carbocycles. The van der Waals surface area contributed by atoms with Crippen LogP contribution in [-0.4, -0.2) is 30.1 Å². The van der Waals surface area contributed by atoms with Crippen LogP contribution in [0.1, 0.15) is 58.1 Å². The van der Waals surface area contributed by atoms with E-state index in [4.69, 9.17) is 10.5 Å². The van der Waals surface area contributed by atoms with Gasteiger partial charge in [0, 0.05) is 18.6 Å². The van der Waals surface area contributed by atoms with Gasteiger partial charge in [0.25, 0.3) is 0 Å². The number of hydrogen-bond donors (Lipinski definition) is 1. The van der Waals surface area contributed by atoms with Gasteiger partial charge in [-0.1, -0.05) is 25.0 Å². The van der Waals surface area contributed by atoms with E-state index < -0.39 is 0 Å². The molecule has 1 saturated heterocycles. The molecule has 0 aromatic heterocycles. The number of benzene rings is 1. The van der Waals surface area contributed by atoms with Crippen LogP contribution >= 0.6 is 0 Å². The molecule has 118 valence electrons. The smallest absolute Gasteiger partial charge is 0.119 e. The van der Waals surface area contributed by atoms with Crippen molar-refractivity contribution in [2.45, 2.75) is 64.6 Å². The van der Waals surface area contributed by atoms with E-state index in [9.17, 15) is 0 Å². The number of rotatable bonds is 5. The minimum absolute atomic E-state index is 0.0821. The van der Waals surface area contributed by atoms with Gasteiger partial charge in [0.15, 0.2) is 0 Å². The van der Waals surface area contributed by atoms with Gasteiger partial charge in [-0.3, -0.25) is 4.90 Å². The maximum atomic E-state index is 6.41. The van der Waals surface area contributed by atoms with Crippen molar-refractivity contribution in [3.8, 4) is 5.75 Å². The summed E-state index contributed by atoms with van der Waals surface area (Å²) in [6.45, 7) is 8.55. The molecule has 1 aromatic rings. The molecule has 0 bridgehead atoms. The lowest BCUT2D eigenvalue weighted by atomic mass is 10.1. The summed E-state index contributed by atoms with van der Waals surface area (Å²) in [6, 6.07) is 9.00. The molecule has 2 N–H and O–H groups in total. The number of hydrogen-bond acceptors (Lipinski definition) is 3. The second kappa shape index (κ2) is 7.81. The Labute approximate surface area is 129 Å². The standard InChI is InChI=1S/C18H30N2O/c1-14(2)21-17-10-8-16(9-11-17)18(19)13-20-12-6-4-5-7-15(20)3/h8-11,14-15,18H,4-7,12-13,19H2,1-3H3. The fraction of sp³-hybridized carbons (Fsp3) is 0.667. The topological polar surface area (TPSA) is 38.5 Å². The maximum absolute atomic E-state index is 6.41. The Kier molecular flexibility index (Phi) is 6.07. The fourth-order valence-corrected chi connectivity index (χ4v) is 3.03. The summed E-state index contributed by atoms with van der Waals surface area (Å²) in [4.78, 5) is 2.55. The number of nitrogens with two attached hydrogens (primary N) is 1. The lowest BCUT2D eigenvalue weighted by molar-refractivity contribution is 0.201. The highest BCUT2D eigenvalue weighted by Gasteiger charge is 2.19. The zero-order valence-electron chi connectivity index (χ0n) is 13.7. The molecule has 0 amide bonds. The second-order valence-electron chi connectivity index (χ2n) is 6.54. The second-order valence-corrected chi connectivity index (χ2v) is 6.54. The van der Waals surface area contributed by atoms with E-state index in [1.807, 2.05) is 26.0 Å². The maximum Gasteiger partial charge on any atom is 0.119 e. The van der Waals surface area contributed by atoms with Crippen LogP contribution in [0.2, 0.25) is 0 Å². The fourth-order valence-electron chi connectivity index (χ4n) is 3.03. The summed E-state index contributed by atoms with van der Waals surface area (Å²) in [5.41, 5.74) is 7.60. The summed E-state index contributed by atoms with van der Waals surface area (Å²) < 4.78 is 5.68. The highest BCUT2D eigenvalue weighted by atomic mass is 16.5. The molecule has 0 radical (unpaired) electrons. The molecule has 2 rings (SSSR count). The van der Waals surface area contributed by atoms with Crippen molar-refractivity contribution in [2.24, 2.45) is 5.73 Å².